The Morgan fingerprint density at radius 1 is 1.00 bits per heavy atom. The van der Waals surface area contributed by atoms with Gasteiger partial charge in [-0.1, -0.05) is 25.5 Å². The van der Waals surface area contributed by atoms with Crippen LogP contribution in [-0.4, -0.2) is 25.2 Å². The van der Waals surface area contributed by atoms with Gasteiger partial charge in [-0.25, -0.2) is 9.59 Å². The molecule has 0 N–H and O–H groups in total. The van der Waals surface area contributed by atoms with E-state index in [1.807, 2.05) is 0 Å². The summed E-state index contributed by atoms with van der Waals surface area (Å²) in [6.07, 6.45) is 5.01. The van der Waals surface area contributed by atoms with E-state index in [4.69, 9.17) is 14.2 Å². The minimum atomic E-state index is -0.491. The molecule has 5 nitrogen and oxygen atoms in total. The van der Waals surface area contributed by atoms with Crippen LogP contribution >= 0.6 is 0 Å². The largest absolute Gasteiger partial charge is 0.494 e. The van der Waals surface area contributed by atoms with Gasteiger partial charge in [0.25, 0.3) is 0 Å². The van der Waals surface area contributed by atoms with Crippen LogP contribution < -0.4 is 9.47 Å². The van der Waals surface area contributed by atoms with E-state index in [0.29, 0.717) is 17.9 Å². The van der Waals surface area contributed by atoms with Crippen LogP contribution in [0.3, 0.4) is 0 Å². The minimum Gasteiger partial charge on any atom is -0.494 e. The fourth-order valence-corrected chi connectivity index (χ4v) is 2.16. The van der Waals surface area contributed by atoms with Crippen molar-refractivity contribution in [2.75, 3.05) is 13.2 Å². The molecule has 0 aliphatic rings. The van der Waals surface area contributed by atoms with E-state index >= 15 is 0 Å². The molecule has 0 heterocycles. The first kappa shape index (κ1) is 20.2. The van der Waals surface area contributed by atoms with E-state index < -0.39 is 11.9 Å². The van der Waals surface area contributed by atoms with Crippen LogP contribution in [0.1, 0.15) is 35.7 Å². The Morgan fingerprint density at radius 3 is 2.30 bits per heavy atom. The number of hydrogen-bond acceptors (Lipinski definition) is 5. The Labute approximate surface area is 159 Å². The van der Waals surface area contributed by atoms with Gasteiger partial charge in [0, 0.05) is 6.08 Å². The molecule has 0 saturated carbocycles. The van der Waals surface area contributed by atoms with Gasteiger partial charge < -0.3 is 14.2 Å². The summed E-state index contributed by atoms with van der Waals surface area (Å²) in [5, 5.41) is 0. The summed E-state index contributed by atoms with van der Waals surface area (Å²) >= 11 is 0. The number of carbonyl (C=O) groups is 2. The van der Waals surface area contributed by atoms with Crippen LogP contribution in [0, 0.1) is 6.92 Å². The fraction of sp³-hybridized carbons (Fsp3) is 0.227. The first-order chi connectivity index (χ1) is 13.1. The molecule has 0 fully saturated rings. The van der Waals surface area contributed by atoms with Gasteiger partial charge in [0.1, 0.15) is 11.5 Å². The van der Waals surface area contributed by atoms with Crippen molar-refractivity contribution < 1.29 is 23.8 Å². The molecule has 0 unspecified atom stereocenters. The third-order valence-corrected chi connectivity index (χ3v) is 3.60. The second-order valence-electron chi connectivity index (χ2n) is 5.69. The van der Waals surface area contributed by atoms with E-state index in [1.165, 1.54) is 6.08 Å². The second kappa shape index (κ2) is 10.8. The lowest BCUT2D eigenvalue weighted by Crippen LogP contribution is -2.04. The Bertz CT molecular complexity index is 760. The lowest BCUT2D eigenvalue weighted by atomic mass is 10.1. The van der Waals surface area contributed by atoms with Gasteiger partial charge in [0.05, 0.1) is 18.8 Å². The molecule has 0 aromatic heterocycles. The Kier molecular flexibility index (Phi) is 8.10. The number of ether oxygens (including phenoxy) is 3. The van der Waals surface area contributed by atoms with Crippen LogP contribution in [0.15, 0.2) is 54.6 Å². The smallest absolute Gasteiger partial charge is 0.338 e. The zero-order valence-corrected chi connectivity index (χ0v) is 15.4. The van der Waals surface area contributed by atoms with Crippen molar-refractivity contribution in [1.82, 2.24) is 0 Å². The van der Waals surface area contributed by atoms with Gasteiger partial charge in [0.15, 0.2) is 0 Å². The molecular weight excluding hydrogens is 344 g/mol. The van der Waals surface area contributed by atoms with Crippen molar-refractivity contribution in [3.05, 3.63) is 72.7 Å². The third kappa shape index (κ3) is 6.98. The number of carbonyl (C=O) groups excluding carboxylic acids is 2. The summed E-state index contributed by atoms with van der Waals surface area (Å²) in [5.74, 6) is 0.271. The van der Waals surface area contributed by atoms with Crippen molar-refractivity contribution >= 4 is 18.0 Å². The second-order valence-corrected chi connectivity index (χ2v) is 5.69. The fourth-order valence-electron chi connectivity index (χ4n) is 2.16. The lowest BCUT2D eigenvalue weighted by Gasteiger charge is -2.06. The molecule has 0 bridgehead atoms. The molecule has 0 saturated heterocycles. The highest BCUT2D eigenvalue weighted by Crippen LogP contribution is 2.18. The van der Waals surface area contributed by atoms with E-state index in [0.717, 1.165) is 24.2 Å². The van der Waals surface area contributed by atoms with Crippen molar-refractivity contribution in [3.8, 4) is 11.5 Å². The van der Waals surface area contributed by atoms with Gasteiger partial charge in [0.2, 0.25) is 0 Å². The Balaban J connectivity index is 1.86. The van der Waals surface area contributed by atoms with E-state index in [-0.39, 0.29) is 6.61 Å². The van der Waals surface area contributed by atoms with Crippen LogP contribution in [0.2, 0.25) is 0 Å². The normalized spacial score (nSPS) is 10.6. The molecule has 0 spiro atoms. The lowest BCUT2D eigenvalue weighted by molar-refractivity contribution is -0.128. The summed E-state index contributed by atoms with van der Waals surface area (Å²) in [7, 11) is 0. The van der Waals surface area contributed by atoms with Gasteiger partial charge >= 0.3 is 11.9 Å². The molecule has 2 aromatic carbocycles. The quantitative estimate of drug-likeness (QED) is 0.283. The maximum absolute atomic E-state index is 11.9. The van der Waals surface area contributed by atoms with Crippen molar-refractivity contribution in [1.29, 1.82) is 0 Å². The van der Waals surface area contributed by atoms with E-state index in [9.17, 15) is 9.59 Å². The maximum atomic E-state index is 11.9. The van der Waals surface area contributed by atoms with E-state index in [1.54, 1.807) is 54.6 Å². The van der Waals surface area contributed by atoms with Crippen molar-refractivity contribution in [2.45, 2.75) is 19.8 Å². The molecule has 2 aromatic rings. The molecule has 0 atom stereocenters. The predicted molar refractivity (Wildman–Crippen MR) is 104 cm³/mol. The van der Waals surface area contributed by atoms with Gasteiger partial charge in [-0.2, -0.15) is 0 Å². The molecule has 5 heteroatoms. The molecule has 27 heavy (non-hydrogen) atoms. The highest BCUT2D eigenvalue weighted by atomic mass is 16.5. The van der Waals surface area contributed by atoms with Crippen molar-refractivity contribution in [2.24, 2.45) is 0 Å². The predicted octanol–water partition coefficient (Wildman–Crippen LogP) is 4.48. The Morgan fingerprint density at radius 2 is 1.67 bits per heavy atom. The number of hydrogen-bond donors (Lipinski definition) is 0. The third-order valence-electron chi connectivity index (χ3n) is 3.60. The van der Waals surface area contributed by atoms with Gasteiger partial charge in [-0.15, -0.1) is 0 Å². The summed E-state index contributed by atoms with van der Waals surface area (Å²) in [4.78, 5) is 23.5. The SMILES string of the molecule is [CH2]COC(=O)c1ccc(/C=C/C(=O)Oc2ccc(OCCCC)cc2)cc1. The van der Waals surface area contributed by atoms with Crippen molar-refractivity contribution in [3.63, 3.8) is 0 Å². The monoisotopic (exact) mass is 367 g/mol. The molecule has 141 valence electrons. The zero-order valence-electron chi connectivity index (χ0n) is 15.4. The topological polar surface area (TPSA) is 61.8 Å². The first-order valence-electron chi connectivity index (χ1n) is 8.81. The number of benzene rings is 2. The number of rotatable bonds is 9. The van der Waals surface area contributed by atoms with Crippen LogP contribution in [0.4, 0.5) is 0 Å². The molecule has 0 aliphatic carbocycles. The highest BCUT2D eigenvalue weighted by molar-refractivity contribution is 5.91. The van der Waals surface area contributed by atoms with E-state index in [2.05, 4.69) is 13.8 Å². The molecule has 0 aliphatic heterocycles. The zero-order chi connectivity index (χ0) is 19.5. The standard InChI is InChI=1S/C22H23O5/c1-3-5-16-26-19-11-13-20(14-12-19)27-21(23)15-8-17-6-9-18(10-7-17)22(24)25-4-2/h6-15H,2-5,16H2,1H3/b15-8+. The molecule has 2 rings (SSSR count). The highest BCUT2D eigenvalue weighted by Gasteiger charge is 2.05. The maximum Gasteiger partial charge on any atom is 0.338 e. The summed E-state index contributed by atoms with van der Waals surface area (Å²) in [6, 6.07) is 13.6. The minimum absolute atomic E-state index is 0.0815. The van der Waals surface area contributed by atoms with Crippen LogP contribution in [-0.2, 0) is 9.53 Å². The number of esters is 2. The molecular formula is C22H23O5. The Hall–Kier alpha value is -3.08. The summed E-state index contributed by atoms with van der Waals surface area (Å²) < 4.78 is 15.6. The van der Waals surface area contributed by atoms with Gasteiger partial charge in [-0.05, 0) is 61.4 Å². The molecule has 0 amide bonds. The number of unbranched alkanes of at least 4 members (excludes halogenated alkanes) is 1. The molecule has 1 radical (unpaired) electrons. The van der Waals surface area contributed by atoms with Crippen LogP contribution in [0.5, 0.6) is 11.5 Å². The average Bonchev–Trinajstić information content (AvgIpc) is 2.68. The van der Waals surface area contributed by atoms with Crippen LogP contribution in [0.25, 0.3) is 6.08 Å². The summed E-state index contributed by atoms with van der Waals surface area (Å²) in [6.45, 7) is 6.32. The first-order valence-corrected chi connectivity index (χ1v) is 8.81. The van der Waals surface area contributed by atoms with Gasteiger partial charge in [-0.3, -0.25) is 0 Å². The summed E-state index contributed by atoms with van der Waals surface area (Å²) in [5.41, 5.74) is 1.19. The average molecular weight is 367 g/mol.